The third-order valence-corrected chi connectivity index (χ3v) is 5.23. The van der Waals surface area contributed by atoms with E-state index in [0.29, 0.717) is 25.9 Å². The highest BCUT2D eigenvalue weighted by Gasteiger charge is 2.40. The van der Waals surface area contributed by atoms with Gasteiger partial charge in [-0.05, 0) is 50.3 Å². The van der Waals surface area contributed by atoms with Gasteiger partial charge in [-0.3, -0.25) is 9.59 Å². The molecule has 2 rings (SSSR count). The Morgan fingerprint density at radius 3 is 2.78 bits per heavy atom. The number of benzene rings is 1. The number of hydrogen-bond acceptors (Lipinski definition) is 2. The molecule has 1 aromatic rings. The Balaban J connectivity index is 2.08. The minimum Gasteiger partial charge on any atom is -0.481 e. The summed E-state index contributed by atoms with van der Waals surface area (Å²) in [4.78, 5) is 26.1. The van der Waals surface area contributed by atoms with Crippen LogP contribution in [0.4, 0.5) is 0 Å². The summed E-state index contributed by atoms with van der Waals surface area (Å²) in [6, 6.07) is 8.00. The molecule has 1 aliphatic rings. The zero-order chi connectivity index (χ0) is 17.0. The van der Waals surface area contributed by atoms with Gasteiger partial charge in [0.05, 0.1) is 5.41 Å². The summed E-state index contributed by atoms with van der Waals surface area (Å²) in [5, 5.41) is 9.42. The minimum absolute atomic E-state index is 0.0830. The maximum Gasteiger partial charge on any atom is 0.311 e. The lowest BCUT2D eigenvalue weighted by Crippen LogP contribution is -2.50. The molecular weight excluding hydrogens is 358 g/mol. The molecule has 0 aliphatic carbocycles. The first-order valence-electron chi connectivity index (χ1n) is 8.12. The molecule has 2 unspecified atom stereocenters. The normalized spacial score (nSPS) is 22.7. The van der Waals surface area contributed by atoms with Gasteiger partial charge in [0.1, 0.15) is 0 Å². The number of aliphatic carboxylic acids is 1. The van der Waals surface area contributed by atoms with Crippen LogP contribution in [0.1, 0.15) is 38.7 Å². The second-order valence-corrected chi connectivity index (χ2v) is 7.58. The molecule has 0 spiro atoms. The van der Waals surface area contributed by atoms with Crippen LogP contribution in [-0.4, -0.2) is 35.0 Å². The number of carboxylic acid groups (broad SMARTS) is 1. The van der Waals surface area contributed by atoms with Crippen LogP contribution in [0.3, 0.4) is 0 Å². The average molecular weight is 382 g/mol. The number of likely N-dealkylation sites (tertiary alicyclic amines) is 1. The van der Waals surface area contributed by atoms with Crippen molar-refractivity contribution in [2.24, 2.45) is 11.3 Å². The van der Waals surface area contributed by atoms with Crippen molar-refractivity contribution in [1.29, 1.82) is 0 Å². The Hall–Kier alpha value is -1.36. The van der Waals surface area contributed by atoms with Crippen LogP contribution in [0, 0.1) is 11.3 Å². The predicted molar refractivity (Wildman–Crippen MR) is 93.2 cm³/mol. The first-order valence-corrected chi connectivity index (χ1v) is 8.91. The summed E-state index contributed by atoms with van der Waals surface area (Å²) >= 11 is 3.46. The predicted octanol–water partition coefficient (Wildman–Crippen LogP) is 3.73. The van der Waals surface area contributed by atoms with Crippen molar-refractivity contribution < 1.29 is 14.7 Å². The van der Waals surface area contributed by atoms with Crippen molar-refractivity contribution in [2.75, 3.05) is 13.1 Å². The molecule has 1 N–H and O–H groups in total. The lowest BCUT2D eigenvalue weighted by molar-refractivity contribution is -0.154. The van der Waals surface area contributed by atoms with Crippen molar-refractivity contribution in [3.8, 4) is 0 Å². The smallest absolute Gasteiger partial charge is 0.311 e. The molecular formula is C18H24BrNO3. The van der Waals surface area contributed by atoms with E-state index < -0.39 is 11.4 Å². The first-order chi connectivity index (χ1) is 10.9. The Morgan fingerprint density at radius 1 is 1.43 bits per heavy atom. The van der Waals surface area contributed by atoms with Crippen LogP contribution in [0.2, 0.25) is 0 Å². The SMILES string of the molecule is CCC(Cc1cccc(Br)c1)C(=O)N1CCCC(C)(C(=O)O)C1. The highest BCUT2D eigenvalue weighted by Crippen LogP contribution is 2.31. The van der Waals surface area contributed by atoms with Gasteiger partial charge in [-0.25, -0.2) is 0 Å². The quantitative estimate of drug-likeness (QED) is 0.844. The molecule has 1 fully saturated rings. The molecule has 0 radical (unpaired) electrons. The number of carbonyl (C=O) groups excluding carboxylic acids is 1. The van der Waals surface area contributed by atoms with Crippen molar-refractivity contribution >= 4 is 27.8 Å². The Morgan fingerprint density at radius 2 is 2.17 bits per heavy atom. The summed E-state index contributed by atoms with van der Waals surface area (Å²) in [6.07, 6.45) is 2.83. The molecule has 2 atom stereocenters. The molecule has 5 heteroatoms. The largest absolute Gasteiger partial charge is 0.481 e. The molecule has 1 saturated heterocycles. The third kappa shape index (κ3) is 4.34. The number of nitrogens with zero attached hydrogens (tertiary/aromatic N) is 1. The van der Waals surface area contributed by atoms with E-state index in [1.807, 2.05) is 31.2 Å². The van der Waals surface area contributed by atoms with Crippen LogP contribution in [0.25, 0.3) is 0 Å². The molecule has 126 valence electrons. The zero-order valence-electron chi connectivity index (χ0n) is 13.7. The second-order valence-electron chi connectivity index (χ2n) is 6.67. The summed E-state index contributed by atoms with van der Waals surface area (Å²) < 4.78 is 1.01. The molecule has 1 aliphatic heterocycles. The molecule has 1 heterocycles. The van der Waals surface area contributed by atoms with Gasteiger partial charge in [0.25, 0.3) is 0 Å². The van der Waals surface area contributed by atoms with Gasteiger partial charge in [-0.2, -0.15) is 0 Å². The summed E-state index contributed by atoms with van der Waals surface area (Å²) in [5.74, 6) is -0.824. The lowest BCUT2D eigenvalue weighted by atomic mass is 9.81. The van der Waals surface area contributed by atoms with Crippen LogP contribution < -0.4 is 0 Å². The maximum absolute atomic E-state index is 12.9. The molecule has 0 aromatic heterocycles. The fraction of sp³-hybridized carbons (Fsp3) is 0.556. The van der Waals surface area contributed by atoms with E-state index in [-0.39, 0.29) is 11.8 Å². The number of hydrogen-bond donors (Lipinski definition) is 1. The molecule has 4 nitrogen and oxygen atoms in total. The fourth-order valence-corrected chi connectivity index (χ4v) is 3.66. The topological polar surface area (TPSA) is 57.6 Å². The van der Waals surface area contributed by atoms with Crippen LogP contribution in [-0.2, 0) is 16.0 Å². The summed E-state index contributed by atoms with van der Waals surface area (Å²) in [7, 11) is 0. The molecule has 0 bridgehead atoms. The van der Waals surface area contributed by atoms with Gasteiger partial charge in [-0.15, -0.1) is 0 Å². The number of piperidine rings is 1. The monoisotopic (exact) mass is 381 g/mol. The van der Waals surface area contributed by atoms with Crippen molar-refractivity contribution in [2.45, 2.75) is 39.5 Å². The molecule has 0 saturated carbocycles. The zero-order valence-corrected chi connectivity index (χ0v) is 15.3. The number of rotatable bonds is 5. The van der Waals surface area contributed by atoms with Gasteiger partial charge in [0, 0.05) is 23.5 Å². The van der Waals surface area contributed by atoms with Gasteiger partial charge < -0.3 is 10.0 Å². The van der Waals surface area contributed by atoms with E-state index in [4.69, 9.17) is 0 Å². The lowest BCUT2D eigenvalue weighted by Gasteiger charge is -2.39. The number of amides is 1. The van der Waals surface area contributed by atoms with Gasteiger partial charge in [0.2, 0.25) is 5.91 Å². The first kappa shape index (κ1) is 18.0. The summed E-state index contributed by atoms with van der Waals surface area (Å²) in [6.45, 7) is 4.73. The Kier molecular flexibility index (Phi) is 5.84. The molecule has 1 aromatic carbocycles. The van der Waals surface area contributed by atoms with Gasteiger partial charge in [0.15, 0.2) is 0 Å². The number of carbonyl (C=O) groups is 2. The Bertz CT molecular complexity index is 589. The highest BCUT2D eigenvalue weighted by molar-refractivity contribution is 9.10. The molecule has 1 amide bonds. The van der Waals surface area contributed by atoms with Gasteiger partial charge >= 0.3 is 5.97 Å². The van der Waals surface area contributed by atoms with Crippen molar-refractivity contribution in [3.05, 3.63) is 34.3 Å². The Labute approximate surface area is 146 Å². The number of carboxylic acids is 1. The van der Waals surface area contributed by atoms with Crippen molar-refractivity contribution in [3.63, 3.8) is 0 Å². The van der Waals surface area contributed by atoms with E-state index in [2.05, 4.69) is 15.9 Å². The fourth-order valence-electron chi connectivity index (χ4n) is 3.22. The van der Waals surface area contributed by atoms with Crippen LogP contribution in [0.5, 0.6) is 0 Å². The third-order valence-electron chi connectivity index (χ3n) is 4.74. The summed E-state index contributed by atoms with van der Waals surface area (Å²) in [5.41, 5.74) is 0.305. The second kappa shape index (κ2) is 7.47. The van der Waals surface area contributed by atoms with E-state index in [9.17, 15) is 14.7 Å². The van der Waals surface area contributed by atoms with E-state index in [0.717, 1.165) is 22.9 Å². The standard InChI is InChI=1S/C18H24BrNO3/c1-3-14(10-13-6-4-7-15(19)11-13)16(21)20-9-5-8-18(2,12-20)17(22)23/h4,6-7,11,14H,3,5,8-10,12H2,1-2H3,(H,22,23). The minimum atomic E-state index is -0.817. The van der Waals surface area contributed by atoms with E-state index in [1.54, 1.807) is 11.8 Å². The average Bonchev–Trinajstić information content (AvgIpc) is 2.52. The number of halogens is 1. The van der Waals surface area contributed by atoms with Crippen LogP contribution >= 0.6 is 15.9 Å². The highest BCUT2D eigenvalue weighted by atomic mass is 79.9. The van der Waals surface area contributed by atoms with E-state index in [1.165, 1.54) is 0 Å². The van der Waals surface area contributed by atoms with Crippen LogP contribution in [0.15, 0.2) is 28.7 Å². The van der Waals surface area contributed by atoms with Crippen molar-refractivity contribution in [1.82, 2.24) is 4.90 Å². The molecule has 23 heavy (non-hydrogen) atoms. The van der Waals surface area contributed by atoms with E-state index >= 15 is 0 Å². The maximum atomic E-state index is 12.9. The van der Waals surface area contributed by atoms with Gasteiger partial charge in [-0.1, -0.05) is 35.0 Å².